The molecule has 0 fully saturated rings. The standard InChI is InChI=1S/C69H104O6/c1-4-7-10-13-16-19-21-23-25-26-27-28-29-30-31-32-33-34-35-36-37-38-39-40-41-42-44-45-47-50-53-56-59-62-68(71)74-65-66(64-73-67(70)61-58-55-52-49-18-15-12-9-6-3)75-69(72)63-60-57-54-51-48-46-43-24-22-20-17-14-11-8-5-2/h7-8,10-11,16-17,19-20,23-25,27-28,30-31,33-34,36-37,39-40,42-44,47-48,50-51,57,60,66H,4-6,9,12-15,18,21-22,26,29,32,35,38,41,45-46,49,52-56,58-59,61-65H2,1-3H3/b10-7-,11-8-,19-16-,20-17-,25-23-,28-27-,31-30-,34-33-,37-36-,40-39-,43-24-,44-42-,50-47-,51-48-,60-57-. The largest absolute Gasteiger partial charge is 0.462 e. The van der Waals surface area contributed by atoms with Crippen molar-refractivity contribution in [3.05, 3.63) is 182 Å². The molecular formula is C69H104O6. The SMILES string of the molecule is CC/C=C\C/C=C\C/C=C\C/C=C\C/C=C\C/C=C\C/C=C\C/C=C\C/C=C\C/C=C\CCCCC(=O)OCC(COC(=O)CCCCCCCCCCC)OC(=O)C/C=C\C/C=C\C/C=C\C/C=C\C/C=C\CC. The number of carbonyl (C=O) groups is 3. The number of hydrogen-bond acceptors (Lipinski definition) is 6. The first-order chi connectivity index (χ1) is 37.0. The molecular weight excluding hydrogens is 925 g/mol. The summed E-state index contributed by atoms with van der Waals surface area (Å²) in [5.41, 5.74) is 0. The van der Waals surface area contributed by atoms with Crippen molar-refractivity contribution in [2.75, 3.05) is 13.2 Å². The molecule has 0 bridgehead atoms. The molecule has 0 radical (unpaired) electrons. The van der Waals surface area contributed by atoms with E-state index < -0.39 is 12.1 Å². The average molecular weight is 1030 g/mol. The zero-order chi connectivity index (χ0) is 54.3. The maximum absolute atomic E-state index is 12.7. The van der Waals surface area contributed by atoms with Gasteiger partial charge in [0.1, 0.15) is 13.2 Å². The second kappa shape index (κ2) is 61.1. The third kappa shape index (κ3) is 59.3. The Kier molecular flexibility index (Phi) is 56.6. The van der Waals surface area contributed by atoms with Crippen molar-refractivity contribution in [1.82, 2.24) is 0 Å². The van der Waals surface area contributed by atoms with Gasteiger partial charge < -0.3 is 14.2 Å². The lowest BCUT2D eigenvalue weighted by molar-refractivity contribution is -0.166. The molecule has 0 heterocycles. The zero-order valence-electron chi connectivity index (χ0n) is 47.5. The van der Waals surface area contributed by atoms with Crippen molar-refractivity contribution in [3.63, 3.8) is 0 Å². The van der Waals surface area contributed by atoms with Gasteiger partial charge in [-0.3, -0.25) is 14.4 Å². The molecule has 1 unspecified atom stereocenters. The van der Waals surface area contributed by atoms with E-state index in [0.29, 0.717) is 19.3 Å². The number of esters is 3. The Morgan fingerprint density at radius 3 is 0.880 bits per heavy atom. The maximum atomic E-state index is 12.7. The number of carbonyl (C=O) groups excluding carboxylic acids is 3. The minimum Gasteiger partial charge on any atom is -0.462 e. The third-order valence-corrected chi connectivity index (χ3v) is 11.4. The second-order valence-corrected chi connectivity index (χ2v) is 18.5. The Labute approximate surface area is 459 Å². The van der Waals surface area contributed by atoms with Crippen LogP contribution in [0.5, 0.6) is 0 Å². The van der Waals surface area contributed by atoms with Gasteiger partial charge in [0.25, 0.3) is 0 Å². The van der Waals surface area contributed by atoms with E-state index in [-0.39, 0.29) is 38.0 Å². The fraction of sp³-hybridized carbons (Fsp3) is 0.522. The van der Waals surface area contributed by atoms with Crippen molar-refractivity contribution in [1.29, 1.82) is 0 Å². The van der Waals surface area contributed by atoms with Gasteiger partial charge in [-0.25, -0.2) is 0 Å². The fourth-order valence-corrected chi connectivity index (χ4v) is 7.13. The Morgan fingerprint density at radius 1 is 0.293 bits per heavy atom. The number of ether oxygens (including phenoxy) is 3. The van der Waals surface area contributed by atoms with Gasteiger partial charge in [-0.15, -0.1) is 0 Å². The lowest BCUT2D eigenvalue weighted by Gasteiger charge is -2.18. The fourth-order valence-electron chi connectivity index (χ4n) is 7.13. The summed E-state index contributed by atoms with van der Waals surface area (Å²) in [6, 6.07) is 0. The molecule has 0 saturated heterocycles. The first-order valence-corrected chi connectivity index (χ1v) is 29.3. The highest BCUT2D eigenvalue weighted by atomic mass is 16.6. The van der Waals surface area contributed by atoms with Crippen molar-refractivity contribution < 1.29 is 28.6 Å². The van der Waals surface area contributed by atoms with Gasteiger partial charge in [0, 0.05) is 12.8 Å². The molecule has 0 amide bonds. The van der Waals surface area contributed by atoms with Crippen LogP contribution in [-0.2, 0) is 28.6 Å². The van der Waals surface area contributed by atoms with Crippen LogP contribution >= 0.6 is 0 Å². The van der Waals surface area contributed by atoms with E-state index in [1.807, 2.05) is 6.08 Å². The van der Waals surface area contributed by atoms with E-state index in [2.05, 4.69) is 191 Å². The number of hydrogen-bond donors (Lipinski definition) is 0. The third-order valence-electron chi connectivity index (χ3n) is 11.4. The highest BCUT2D eigenvalue weighted by Crippen LogP contribution is 2.12. The monoisotopic (exact) mass is 1030 g/mol. The van der Waals surface area contributed by atoms with Crippen LogP contribution in [0.1, 0.15) is 213 Å². The van der Waals surface area contributed by atoms with Crippen LogP contribution in [0, 0.1) is 0 Å². The van der Waals surface area contributed by atoms with Gasteiger partial charge in [-0.05, 0) is 122 Å². The molecule has 416 valence electrons. The molecule has 0 saturated carbocycles. The summed E-state index contributed by atoms with van der Waals surface area (Å²) < 4.78 is 16.6. The van der Waals surface area contributed by atoms with Gasteiger partial charge in [-0.1, -0.05) is 254 Å². The quantitative estimate of drug-likeness (QED) is 0.0261. The van der Waals surface area contributed by atoms with Crippen LogP contribution in [0.15, 0.2) is 182 Å². The summed E-state index contributed by atoms with van der Waals surface area (Å²) in [5.74, 6) is -1.13. The smallest absolute Gasteiger partial charge is 0.310 e. The van der Waals surface area contributed by atoms with E-state index in [4.69, 9.17) is 14.2 Å². The zero-order valence-corrected chi connectivity index (χ0v) is 47.5. The van der Waals surface area contributed by atoms with E-state index in [9.17, 15) is 14.4 Å². The lowest BCUT2D eigenvalue weighted by Crippen LogP contribution is -2.30. The highest BCUT2D eigenvalue weighted by molar-refractivity contribution is 5.72. The summed E-state index contributed by atoms with van der Waals surface area (Å²) in [4.78, 5) is 37.9. The van der Waals surface area contributed by atoms with Crippen LogP contribution in [0.4, 0.5) is 0 Å². The summed E-state index contributed by atoms with van der Waals surface area (Å²) >= 11 is 0. The van der Waals surface area contributed by atoms with Gasteiger partial charge >= 0.3 is 17.9 Å². The Bertz CT molecular complexity index is 1800. The summed E-state index contributed by atoms with van der Waals surface area (Å²) in [7, 11) is 0. The summed E-state index contributed by atoms with van der Waals surface area (Å²) in [5, 5.41) is 0. The Morgan fingerprint density at radius 2 is 0.560 bits per heavy atom. The minimum absolute atomic E-state index is 0.0792. The molecule has 0 aromatic rings. The van der Waals surface area contributed by atoms with Crippen LogP contribution < -0.4 is 0 Å². The highest BCUT2D eigenvalue weighted by Gasteiger charge is 2.19. The Hall–Kier alpha value is -5.49. The van der Waals surface area contributed by atoms with Gasteiger partial charge in [0.2, 0.25) is 0 Å². The molecule has 0 rings (SSSR count). The molecule has 0 spiro atoms. The van der Waals surface area contributed by atoms with Crippen LogP contribution in [0.3, 0.4) is 0 Å². The molecule has 0 aliphatic heterocycles. The molecule has 6 nitrogen and oxygen atoms in total. The van der Waals surface area contributed by atoms with E-state index >= 15 is 0 Å². The van der Waals surface area contributed by atoms with E-state index in [1.54, 1.807) is 6.08 Å². The first kappa shape index (κ1) is 69.5. The van der Waals surface area contributed by atoms with Crippen LogP contribution in [0.2, 0.25) is 0 Å². The van der Waals surface area contributed by atoms with Crippen molar-refractivity contribution >= 4 is 17.9 Å². The van der Waals surface area contributed by atoms with E-state index in [1.165, 1.54) is 38.5 Å². The molecule has 0 aromatic carbocycles. The molecule has 6 heteroatoms. The summed E-state index contributed by atoms with van der Waals surface area (Å²) in [6.45, 7) is 6.24. The lowest BCUT2D eigenvalue weighted by atomic mass is 10.1. The average Bonchev–Trinajstić information content (AvgIpc) is 3.41. The number of allylic oxidation sites excluding steroid dienone is 29. The number of rotatable bonds is 50. The topological polar surface area (TPSA) is 78.9 Å². The van der Waals surface area contributed by atoms with Gasteiger partial charge in [0.15, 0.2) is 6.10 Å². The predicted molar refractivity (Wildman–Crippen MR) is 324 cm³/mol. The van der Waals surface area contributed by atoms with Crippen LogP contribution in [0.25, 0.3) is 0 Å². The summed E-state index contributed by atoms with van der Waals surface area (Å²) in [6.07, 6.45) is 92.2. The normalized spacial score (nSPS) is 13.5. The first-order valence-electron chi connectivity index (χ1n) is 29.3. The minimum atomic E-state index is -0.857. The molecule has 0 N–H and O–H groups in total. The second-order valence-electron chi connectivity index (χ2n) is 18.5. The Balaban J connectivity index is 4.40. The molecule has 1 atom stereocenters. The predicted octanol–water partition coefficient (Wildman–Crippen LogP) is 20.1. The van der Waals surface area contributed by atoms with Crippen molar-refractivity contribution in [3.8, 4) is 0 Å². The molecule has 0 aromatic heterocycles. The number of unbranched alkanes of at least 4 members (excludes halogenated alkanes) is 10. The van der Waals surface area contributed by atoms with E-state index in [0.717, 1.165) is 122 Å². The van der Waals surface area contributed by atoms with Gasteiger partial charge in [0.05, 0.1) is 6.42 Å². The molecule has 0 aliphatic carbocycles. The maximum Gasteiger partial charge on any atom is 0.310 e. The van der Waals surface area contributed by atoms with Crippen molar-refractivity contribution in [2.24, 2.45) is 0 Å². The molecule has 75 heavy (non-hydrogen) atoms. The van der Waals surface area contributed by atoms with Crippen LogP contribution in [-0.4, -0.2) is 37.2 Å². The van der Waals surface area contributed by atoms with Crippen molar-refractivity contribution in [2.45, 2.75) is 219 Å². The van der Waals surface area contributed by atoms with Gasteiger partial charge in [-0.2, -0.15) is 0 Å². The molecule has 0 aliphatic rings.